The zero-order valence-electron chi connectivity index (χ0n) is 14.9. The van der Waals surface area contributed by atoms with Crippen molar-refractivity contribution >= 4 is 5.97 Å². The van der Waals surface area contributed by atoms with Gasteiger partial charge < -0.3 is 9.64 Å². The van der Waals surface area contributed by atoms with E-state index in [1.165, 1.54) is 7.11 Å². The molecule has 1 aliphatic carbocycles. The number of hydrogen-bond donors (Lipinski definition) is 0. The molecule has 2 rings (SSSR count). The van der Waals surface area contributed by atoms with Gasteiger partial charge in [0.05, 0.1) is 18.6 Å². The predicted molar refractivity (Wildman–Crippen MR) is 90.2 cm³/mol. The number of ether oxygens (including phenoxy) is 1. The van der Waals surface area contributed by atoms with Gasteiger partial charge >= 0.3 is 5.97 Å². The third-order valence-electron chi connectivity index (χ3n) is 4.94. The number of methoxy groups -OCH3 is 1. The fraction of sp³-hybridized carbons (Fsp3) is 0.579. The molecule has 2 aliphatic rings. The van der Waals surface area contributed by atoms with Crippen molar-refractivity contribution in [3.8, 4) is 18.2 Å². The summed E-state index contributed by atoms with van der Waals surface area (Å²) in [6.45, 7) is 5.49. The Morgan fingerprint density at radius 1 is 1.16 bits per heavy atom. The zero-order valence-corrected chi connectivity index (χ0v) is 14.9. The standard InChI is InChI=1S/C19H22N4O2/c1-19(2)8-15(14(10-20)11-21)16(12-22)17(9-19)23-6-4-13(5-7-23)18(24)25-3/h13H,4-9H2,1-3H3. The van der Waals surface area contributed by atoms with Crippen LogP contribution < -0.4 is 0 Å². The lowest BCUT2D eigenvalue weighted by Crippen LogP contribution is -2.39. The SMILES string of the molecule is COC(=O)C1CCN(C2=C(C#N)C(=C(C#N)C#N)CC(C)(C)C2)CC1. The van der Waals surface area contributed by atoms with Crippen LogP contribution in [0, 0.1) is 45.3 Å². The average Bonchev–Trinajstić information content (AvgIpc) is 2.61. The van der Waals surface area contributed by atoms with Crippen molar-refractivity contribution in [1.82, 2.24) is 4.90 Å². The first-order valence-corrected chi connectivity index (χ1v) is 8.36. The van der Waals surface area contributed by atoms with Gasteiger partial charge in [0.2, 0.25) is 0 Å². The molecule has 0 saturated carbocycles. The molecular weight excluding hydrogens is 316 g/mol. The molecule has 1 fully saturated rings. The fourth-order valence-corrected chi connectivity index (χ4v) is 3.67. The quantitative estimate of drug-likeness (QED) is 0.567. The van der Waals surface area contributed by atoms with Crippen molar-refractivity contribution in [2.24, 2.45) is 11.3 Å². The maximum atomic E-state index is 11.7. The summed E-state index contributed by atoms with van der Waals surface area (Å²) < 4.78 is 4.82. The lowest BCUT2D eigenvalue weighted by Gasteiger charge is -2.41. The number of allylic oxidation sites excluding steroid dienone is 4. The summed E-state index contributed by atoms with van der Waals surface area (Å²) in [4.78, 5) is 13.8. The molecule has 25 heavy (non-hydrogen) atoms. The van der Waals surface area contributed by atoms with Gasteiger partial charge in [-0.15, -0.1) is 0 Å². The van der Waals surface area contributed by atoms with Gasteiger partial charge in [0, 0.05) is 24.4 Å². The Kier molecular flexibility index (Phi) is 5.50. The van der Waals surface area contributed by atoms with Crippen LogP contribution >= 0.6 is 0 Å². The molecule has 0 bridgehead atoms. The average molecular weight is 338 g/mol. The van der Waals surface area contributed by atoms with Crippen molar-refractivity contribution in [1.29, 1.82) is 15.8 Å². The van der Waals surface area contributed by atoms with Crippen LogP contribution in [-0.4, -0.2) is 31.1 Å². The van der Waals surface area contributed by atoms with Gasteiger partial charge in [-0.3, -0.25) is 4.79 Å². The highest BCUT2D eigenvalue weighted by atomic mass is 16.5. The van der Waals surface area contributed by atoms with Crippen molar-refractivity contribution in [3.05, 3.63) is 22.4 Å². The number of rotatable bonds is 2. The van der Waals surface area contributed by atoms with Crippen LogP contribution in [0.15, 0.2) is 22.4 Å². The Balaban J connectivity index is 2.39. The minimum absolute atomic E-state index is 0.0197. The molecule has 6 nitrogen and oxygen atoms in total. The normalized spacial score (nSPS) is 20.3. The van der Waals surface area contributed by atoms with E-state index in [9.17, 15) is 20.6 Å². The van der Waals surface area contributed by atoms with Gasteiger partial charge in [-0.2, -0.15) is 15.8 Å². The molecule has 6 heteroatoms. The van der Waals surface area contributed by atoms with E-state index in [1.807, 2.05) is 12.1 Å². The number of carbonyl (C=O) groups is 1. The summed E-state index contributed by atoms with van der Waals surface area (Å²) in [5, 5.41) is 28.2. The van der Waals surface area contributed by atoms with E-state index in [0.717, 1.165) is 5.70 Å². The summed E-state index contributed by atoms with van der Waals surface area (Å²) in [7, 11) is 1.40. The molecule has 0 spiro atoms. The molecule has 0 aromatic carbocycles. The molecule has 0 aromatic heterocycles. The first kappa shape index (κ1) is 18.6. The Morgan fingerprint density at radius 2 is 1.76 bits per heavy atom. The highest BCUT2D eigenvalue weighted by Gasteiger charge is 2.36. The zero-order chi connectivity index (χ0) is 18.6. The van der Waals surface area contributed by atoms with E-state index in [1.54, 1.807) is 0 Å². The Bertz CT molecular complexity index is 732. The Labute approximate surface area is 148 Å². The third-order valence-corrected chi connectivity index (χ3v) is 4.94. The molecule has 0 unspecified atom stereocenters. The maximum Gasteiger partial charge on any atom is 0.308 e. The summed E-state index contributed by atoms with van der Waals surface area (Å²) in [5.41, 5.74) is 1.78. The highest BCUT2D eigenvalue weighted by molar-refractivity contribution is 5.72. The number of nitriles is 3. The van der Waals surface area contributed by atoms with E-state index < -0.39 is 0 Å². The van der Waals surface area contributed by atoms with Crippen LogP contribution in [0.25, 0.3) is 0 Å². The molecule has 1 saturated heterocycles. The summed E-state index contributed by atoms with van der Waals surface area (Å²) >= 11 is 0. The highest BCUT2D eigenvalue weighted by Crippen LogP contribution is 2.44. The lowest BCUT2D eigenvalue weighted by atomic mass is 9.72. The van der Waals surface area contributed by atoms with Gasteiger partial charge in [0.1, 0.15) is 23.8 Å². The smallest absolute Gasteiger partial charge is 0.308 e. The summed E-state index contributed by atoms with van der Waals surface area (Å²) in [6, 6.07) is 6.08. The molecule has 130 valence electrons. The van der Waals surface area contributed by atoms with Crippen molar-refractivity contribution in [2.45, 2.75) is 39.5 Å². The van der Waals surface area contributed by atoms with E-state index in [0.29, 0.717) is 49.9 Å². The van der Waals surface area contributed by atoms with E-state index in [-0.39, 0.29) is 22.9 Å². The minimum Gasteiger partial charge on any atom is -0.469 e. The third kappa shape index (κ3) is 3.83. The van der Waals surface area contributed by atoms with Crippen LogP contribution in [0.4, 0.5) is 0 Å². The van der Waals surface area contributed by atoms with Crippen molar-refractivity contribution in [2.75, 3.05) is 20.2 Å². The number of carbonyl (C=O) groups excluding carboxylic acids is 1. The second-order valence-corrected chi connectivity index (χ2v) is 7.31. The van der Waals surface area contributed by atoms with Crippen LogP contribution in [0.1, 0.15) is 39.5 Å². The van der Waals surface area contributed by atoms with E-state index >= 15 is 0 Å². The van der Waals surface area contributed by atoms with Gasteiger partial charge in [-0.05, 0) is 31.1 Å². The van der Waals surface area contributed by atoms with E-state index in [2.05, 4.69) is 24.8 Å². The first-order valence-electron chi connectivity index (χ1n) is 8.36. The van der Waals surface area contributed by atoms with Gasteiger partial charge in [-0.1, -0.05) is 13.8 Å². The molecule has 0 radical (unpaired) electrons. The second-order valence-electron chi connectivity index (χ2n) is 7.31. The van der Waals surface area contributed by atoms with Crippen molar-refractivity contribution in [3.63, 3.8) is 0 Å². The Hall–Kier alpha value is -2.78. The van der Waals surface area contributed by atoms with Crippen LogP contribution in [0.3, 0.4) is 0 Å². The maximum absolute atomic E-state index is 11.7. The monoisotopic (exact) mass is 338 g/mol. The first-order chi connectivity index (χ1) is 11.9. The number of likely N-dealkylation sites (tertiary alicyclic amines) is 1. The summed E-state index contributed by atoms with van der Waals surface area (Å²) in [5.74, 6) is -0.289. The van der Waals surface area contributed by atoms with Crippen LogP contribution in [0.5, 0.6) is 0 Å². The Morgan fingerprint density at radius 3 is 2.24 bits per heavy atom. The number of nitrogens with zero attached hydrogens (tertiary/aromatic N) is 4. The lowest BCUT2D eigenvalue weighted by molar-refractivity contribution is -0.146. The topological polar surface area (TPSA) is 101 Å². The summed E-state index contributed by atoms with van der Waals surface area (Å²) in [6.07, 6.45) is 2.61. The molecule has 0 atom stereocenters. The molecule has 0 aromatic rings. The van der Waals surface area contributed by atoms with E-state index in [4.69, 9.17) is 4.74 Å². The molecular formula is C19H22N4O2. The predicted octanol–water partition coefficient (Wildman–Crippen LogP) is 2.81. The number of piperidine rings is 1. The minimum atomic E-state index is -0.185. The van der Waals surface area contributed by atoms with Gasteiger partial charge in [0.25, 0.3) is 0 Å². The number of esters is 1. The van der Waals surface area contributed by atoms with Crippen LogP contribution in [0.2, 0.25) is 0 Å². The van der Waals surface area contributed by atoms with Gasteiger partial charge in [0.15, 0.2) is 0 Å². The second kappa shape index (κ2) is 7.41. The van der Waals surface area contributed by atoms with Gasteiger partial charge in [-0.25, -0.2) is 0 Å². The molecule has 1 heterocycles. The largest absolute Gasteiger partial charge is 0.469 e. The van der Waals surface area contributed by atoms with Crippen molar-refractivity contribution < 1.29 is 9.53 Å². The fourth-order valence-electron chi connectivity index (χ4n) is 3.67. The van der Waals surface area contributed by atoms with Crippen LogP contribution in [-0.2, 0) is 9.53 Å². The molecule has 0 amide bonds. The molecule has 1 aliphatic heterocycles. The molecule has 0 N–H and O–H groups in total. The number of hydrogen-bond acceptors (Lipinski definition) is 6.